The summed E-state index contributed by atoms with van der Waals surface area (Å²) < 4.78 is 0. The first-order valence-corrected chi connectivity index (χ1v) is 6.74. The van der Waals surface area contributed by atoms with Gasteiger partial charge in [0.2, 0.25) is 0 Å². The molecule has 2 rings (SSSR count). The first kappa shape index (κ1) is 14.3. The minimum Gasteiger partial charge on any atom is -0.361 e. The largest absolute Gasteiger partial charge is 0.361 e. The minimum absolute atomic E-state index is 0.0800. The lowest BCUT2D eigenvalue weighted by Gasteiger charge is -2.40. The van der Waals surface area contributed by atoms with E-state index in [-0.39, 0.29) is 17.3 Å². The van der Waals surface area contributed by atoms with E-state index in [1.54, 1.807) is 12.1 Å². The molecule has 0 bridgehead atoms. The molecule has 0 saturated carbocycles. The number of nitrogens with two attached hydrogens (primary N) is 1. The Morgan fingerprint density at radius 3 is 2.95 bits per heavy atom. The van der Waals surface area contributed by atoms with Gasteiger partial charge in [0.15, 0.2) is 0 Å². The van der Waals surface area contributed by atoms with Crippen LogP contribution in [0.4, 0.5) is 11.4 Å². The van der Waals surface area contributed by atoms with Crippen LogP contribution >= 0.6 is 0 Å². The third-order valence-corrected chi connectivity index (χ3v) is 3.98. The van der Waals surface area contributed by atoms with Crippen molar-refractivity contribution in [3.63, 3.8) is 0 Å². The van der Waals surface area contributed by atoms with E-state index in [1.165, 1.54) is 6.07 Å². The van der Waals surface area contributed by atoms with Gasteiger partial charge >= 0.3 is 5.69 Å². The number of nitriles is 1. The van der Waals surface area contributed by atoms with E-state index < -0.39 is 4.92 Å². The molecule has 6 nitrogen and oxygen atoms in total. The van der Waals surface area contributed by atoms with Gasteiger partial charge in [-0.15, -0.1) is 0 Å². The van der Waals surface area contributed by atoms with E-state index in [0.29, 0.717) is 18.2 Å². The standard InChI is InChI=1S/C14H18N4O2/c1-10-4-3-7-17(13(10)9-16)12-6-2-5-11(8-15)14(12)18(19)20/h2,5-6,10,13H,3-4,7,9,16H2,1H3. The molecule has 1 aromatic rings. The van der Waals surface area contributed by atoms with Crippen LogP contribution < -0.4 is 10.6 Å². The van der Waals surface area contributed by atoms with E-state index in [1.807, 2.05) is 11.0 Å². The maximum absolute atomic E-state index is 11.3. The maximum Gasteiger partial charge on any atom is 0.310 e. The highest BCUT2D eigenvalue weighted by atomic mass is 16.6. The zero-order valence-electron chi connectivity index (χ0n) is 11.5. The Balaban J connectivity index is 2.51. The molecule has 1 saturated heterocycles. The lowest BCUT2D eigenvalue weighted by molar-refractivity contribution is -0.384. The average molecular weight is 274 g/mol. The number of para-hydroxylation sites is 1. The second kappa shape index (κ2) is 5.88. The van der Waals surface area contributed by atoms with Crippen LogP contribution in [0.3, 0.4) is 0 Å². The van der Waals surface area contributed by atoms with Crippen molar-refractivity contribution in [2.45, 2.75) is 25.8 Å². The van der Waals surface area contributed by atoms with Crippen LogP contribution in [0.25, 0.3) is 0 Å². The van der Waals surface area contributed by atoms with Crippen LogP contribution in [0.2, 0.25) is 0 Å². The molecule has 0 amide bonds. The fourth-order valence-electron chi connectivity index (χ4n) is 2.95. The molecule has 0 radical (unpaired) electrons. The first-order chi connectivity index (χ1) is 9.60. The first-order valence-electron chi connectivity index (χ1n) is 6.74. The van der Waals surface area contributed by atoms with Crippen LogP contribution in [0.15, 0.2) is 18.2 Å². The summed E-state index contributed by atoms with van der Waals surface area (Å²) in [5.41, 5.74) is 6.34. The molecule has 1 fully saturated rings. The van der Waals surface area contributed by atoms with Crippen molar-refractivity contribution in [2.24, 2.45) is 11.7 Å². The fraction of sp³-hybridized carbons (Fsp3) is 0.500. The fourth-order valence-corrected chi connectivity index (χ4v) is 2.95. The summed E-state index contributed by atoms with van der Waals surface area (Å²) in [6.45, 7) is 3.31. The Morgan fingerprint density at radius 1 is 1.60 bits per heavy atom. The van der Waals surface area contributed by atoms with Crippen LogP contribution in [-0.4, -0.2) is 24.1 Å². The van der Waals surface area contributed by atoms with Crippen molar-refractivity contribution in [1.82, 2.24) is 0 Å². The molecule has 6 heteroatoms. The van der Waals surface area contributed by atoms with Crippen molar-refractivity contribution in [1.29, 1.82) is 5.26 Å². The molecule has 1 aliphatic heterocycles. The summed E-state index contributed by atoms with van der Waals surface area (Å²) in [5, 5.41) is 20.4. The number of hydrogen-bond donors (Lipinski definition) is 1. The Hall–Kier alpha value is -2.13. The number of anilines is 1. The molecule has 2 N–H and O–H groups in total. The highest BCUT2D eigenvalue weighted by Gasteiger charge is 2.32. The van der Waals surface area contributed by atoms with Crippen LogP contribution in [0.5, 0.6) is 0 Å². The molecule has 1 aliphatic rings. The molecule has 2 atom stereocenters. The number of benzene rings is 1. The minimum atomic E-state index is -0.471. The topological polar surface area (TPSA) is 96.2 Å². The van der Waals surface area contributed by atoms with Gasteiger partial charge < -0.3 is 10.6 Å². The monoisotopic (exact) mass is 274 g/mol. The third-order valence-electron chi connectivity index (χ3n) is 3.98. The van der Waals surface area contributed by atoms with E-state index in [4.69, 9.17) is 11.0 Å². The highest BCUT2D eigenvalue weighted by molar-refractivity contribution is 5.70. The second-order valence-corrected chi connectivity index (χ2v) is 5.16. The molecular formula is C14H18N4O2. The van der Waals surface area contributed by atoms with Gasteiger partial charge in [-0.3, -0.25) is 10.1 Å². The maximum atomic E-state index is 11.3. The highest BCUT2D eigenvalue weighted by Crippen LogP contribution is 2.36. The molecule has 0 spiro atoms. The zero-order chi connectivity index (χ0) is 14.7. The van der Waals surface area contributed by atoms with E-state index in [9.17, 15) is 10.1 Å². The summed E-state index contributed by atoms with van der Waals surface area (Å²) in [7, 11) is 0. The van der Waals surface area contributed by atoms with Crippen molar-refractivity contribution in [2.75, 3.05) is 18.0 Å². The summed E-state index contributed by atoms with van der Waals surface area (Å²) in [5.74, 6) is 0.388. The Morgan fingerprint density at radius 2 is 2.35 bits per heavy atom. The molecular weight excluding hydrogens is 256 g/mol. The molecule has 0 aliphatic carbocycles. The summed E-state index contributed by atoms with van der Waals surface area (Å²) in [4.78, 5) is 12.8. The molecule has 2 unspecified atom stereocenters. The lowest BCUT2D eigenvalue weighted by Crippen LogP contribution is -2.49. The zero-order valence-corrected chi connectivity index (χ0v) is 11.5. The second-order valence-electron chi connectivity index (χ2n) is 5.16. The molecule has 20 heavy (non-hydrogen) atoms. The van der Waals surface area contributed by atoms with Gasteiger partial charge in [-0.05, 0) is 30.9 Å². The van der Waals surface area contributed by atoms with Crippen molar-refractivity contribution >= 4 is 11.4 Å². The number of nitrogens with zero attached hydrogens (tertiary/aromatic N) is 3. The molecule has 106 valence electrons. The molecule has 1 heterocycles. The van der Waals surface area contributed by atoms with Crippen LogP contribution in [-0.2, 0) is 0 Å². The van der Waals surface area contributed by atoms with E-state index >= 15 is 0 Å². The Bertz CT molecular complexity index is 553. The Kier molecular flexibility index (Phi) is 4.20. The van der Waals surface area contributed by atoms with Crippen LogP contribution in [0.1, 0.15) is 25.3 Å². The van der Waals surface area contributed by atoms with Gasteiger partial charge in [0.25, 0.3) is 0 Å². The summed E-state index contributed by atoms with van der Waals surface area (Å²) in [6, 6.07) is 6.86. The van der Waals surface area contributed by atoms with Gasteiger partial charge in [-0.2, -0.15) is 5.26 Å². The summed E-state index contributed by atoms with van der Waals surface area (Å²) in [6.07, 6.45) is 2.05. The predicted molar refractivity (Wildman–Crippen MR) is 76.4 cm³/mol. The van der Waals surface area contributed by atoms with Gasteiger partial charge in [0.05, 0.1) is 4.92 Å². The SMILES string of the molecule is CC1CCCN(c2cccc(C#N)c2[N+](=O)[O-])C1CN. The van der Waals surface area contributed by atoms with Gasteiger partial charge in [-0.1, -0.05) is 13.0 Å². The van der Waals surface area contributed by atoms with Crippen molar-refractivity contribution in [3.05, 3.63) is 33.9 Å². The van der Waals surface area contributed by atoms with Gasteiger partial charge in [0, 0.05) is 19.1 Å². The molecule has 0 aromatic heterocycles. The lowest BCUT2D eigenvalue weighted by atomic mass is 9.90. The number of piperidine rings is 1. The van der Waals surface area contributed by atoms with E-state index in [0.717, 1.165) is 19.4 Å². The third kappa shape index (κ3) is 2.45. The number of nitro groups is 1. The summed E-state index contributed by atoms with van der Waals surface area (Å²) >= 11 is 0. The quantitative estimate of drug-likeness (QED) is 0.672. The smallest absolute Gasteiger partial charge is 0.310 e. The average Bonchev–Trinajstić information content (AvgIpc) is 2.45. The predicted octanol–water partition coefficient (Wildman–Crippen LogP) is 2.03. The number of hydrogen-bond acceptors (Lipinski definition) is 5. The molecule has 1 aromatic carbocycles. The Labute approximate surface area is 117 Å². The van der Waals surface area contributed by atoms with Crippen molar-refractivity contribution < 1.29 is 4.92 Å². The number of nitro benzene ring substituents is 1. The van der Waals surface area contributed by atoms with Gasteiger partial charge in [0.1, 0.15) is 17.3 Å². The van der Waals surface area contributed by atoms with Crippen LogP contribution in [0, 0.1) is 27.4 Å². The van der Waals surface area contributed by atoms with Crippen molar-refractivity contribution in [3.8, 4) is 6.07 Å². The normalized spacial score (nSPS) is 22.4. The van der Waals surface area contributed by atoms with Gasteiger partial charge in [-0.25, -0.2) is 0 Å². The number of rotatable bonds is 3. The van der Waals surface area contributed by atoms with E-state index in [2.05, 4.69) is 6.92 Å².